The van der Waals surface area contributed by atoms with Gasteiger partial charge in [0.05, 0.1) is 11.0 Å². The Labute approximate surface area is 228 Å². The molecule has 4 aromatic rings. The maximum atomic E-state index is 12.9. The maximum absolute atomic E-state index is 12.9. The summed E-state index contributed by atoms with van der Waals surface area (Å²) in [5.41, 5.74) is 5.45. The zero-order valence-electron chi connectivity index (χ0n) is 22.4. The van der Waals surface area contributed by atoms with Gasteiger partial charge in [0.1, 0.15) is 11.6 Å². The summed E-state index contributed by atoms with van der Waals surface area (Å²) in [7, 11) is 0. The Bertz CT molecular complexity index is 1450. The molecule has 0 aliphatic heterocycles. The van der Waals surface area contributed by atoms with Crippen molar-refractivity contribution in [3.63, 3.8) is 0 Å². The largest absolute Gasteiger partial charge is 0.511 e. The first kappa shape index (κ1) is 26.5. The molecular formula is C32H35N3O4. The highest BCUT2D eigenvalue weighted by Crippen LogP contribution is 2.31. The first-order valence-corrected chi connectivity index (χ1v) is 13.9. The number of ether oxygens (including phenoxy) is 1. The van der Waals surface area contributed by atoms with Crippen LogP contribution < -0.4 is 10.1 Å². The Kier molecular flexibility index (Phi) is 8.25. The number of carboxylic acid groups (broad SMARTS) is 1. The van der Waals surface area contributed by atoms with Gasteiger partial charge in [0.2, 0.25) is 5.91 Å². The smallest absolute Gasteiger partial charge is 0.449 e. The van der Waals surface area contributed by atoms with Crippen molar-refractivity contribution >= 4 is 28.8 Å². The molecule has 0 saturated heterocycles. The molecule has 5 rings (SSSR count). The lowest BCUT2D eigenvalue weighted by molar-refractivity contribution is -0.120. The number of para-hydroxylation sites is 1. The number of unbranched alkanes of at least 4 members (excludes halogenated alkanes) is 1. The van der Waals surface area contributed by atoms with Crippen LogP contribution in [0.5, 0.6) is 5.75 Å². The number of carbonyl (C=O) groups excluding carboxylic acids is 1. The number of aromatic nitrogens is 2. The topological polar surface area (TPSA) is 93.5 Å². The molecule has 0 unspecified atom stereocenters. The zero-order chi connectivity index (χ0) is 27.2. The number of rotatable bonds is 9. The van der Waals surface area contributed by atoms with Gasteiger partial charge in [-0.25, -0.2) is 9.78 Å². The van der Waals surface area contributed by atoms with E-state index in [9.17, 15) is 9.59 Å². The summed E-state index contributed by atoms with van der Waals surface area (Å²) >= 11 is 0. The summed E-state index contributed by atoms with van der Waals surface area (Å²) in [6.45, 7) is 2.82. The second-order valence-corrected chi connectivity index (χ2v) is 10.3. The fraction of sp³-hybridized carbons (Fsp3) is 0.344. The van der Waals surface area contributed by atoms with Crippen molar-refractivity contribution in [1.29, 1.82) is 0 Å². The Morgan fingerprint density at radius 2 is 1.79 bits per heavy atom. The first-order valence-electron chi connectivity index (χ1n) is 13.9. The molecule has 1 saturated carbocycles. The highest BCUT2D eigenvalue weighted by atomic mass is 16.7. The van der Waals surface area contributed by atoms with E-state index in [4.69, 9.17) is 14.8 Å². The average Bonchev–Trinajstić information content (AvgIpc) is 3.29. The summed E-state index contributed by atoms with van der Waals surface area (Å²) in [4.78, 5) is 28.9. The molecule has 3 aromatic carbocycles. The first-order chi connectivity index (χ1) is 19.0. The fourth-order valence-electron chi connectivity index (χ4n) is 5.42. The number of fused-ring (bicyclic) bond motifs is 1. The van der Waals surface area contributed by atoms with Crippen LogP contribution >= 0.6 is 0 Å². The molecule has 1 fully saturated rings. The van der Waals surface area contributed by atoms with Crippen LogP contribution in [0.25, 0.3) is 22.2 Å². The predicted molar refractivity (Wildman–Crippen MR) is 153 cm³/mol. The predicted octanol–water partition coefficient (Wildman–Crippen LogP) is 7.67. The number of nitrogens with zero attached hydrogens (tertiary/aromatic N) is 2. The van der Waals surface area contributed by atoms with Gasteiger partial charge in [0.15, 0.2) is 0 Å². The molecule has 1 aliphatic rings. The van der Waals surface area contributed by atoms with Crippen molar-refractivity contribution in [2.45, 2.75) is 64.8 Å². The lowest BCUT2D eigenvalue weighted by atomic mass is 9.88. The second-order valence-electron chi connectivity index (χ2n) is 10.3. The molecule has 1 aliphatic carbocycles. The van der Waals surface area contributed by atoms with Gasteiger partial charge in [0, 0.05) is 30.1 Å². The Balaban J connectivity index is 1.41. The van der Waals surface area contributed by atoms with E-state index in [1.165, 1.54) is 6.42 Å². The number of anilines is 1. The summed E-state index contributed by atoms with van der Waals surface area (Å²) in [6.07, 6.45) is 7.09. The minimum atomic E-state index is -1.33. The summed E-state index contributed by atoms with van der Waals surface area (Å²) in [5, 5.41) is 12.2. The second kappa shape index (κ2) is 12.2. The molecule has 1 amide bonds. The average molecular weight is 526 g/mol. The van der Waals surface area contributed by atoms with E-state index >= 15 is 0 Å². The van der Waals surface area contributed by atoms with Crippen LogP contribution in [0.3, 0.4) is 0 Å². The van der Waals surface area contributed by atoms with Gasteiger partial charge in [-0.3, -0.25) is 4.79 Å². The molecule has 0 atom stereocenters. The molecule has 0 spiro atoms. The van der Waals surface area contributed by atoms with E-state index in [0.717, 1.165) is 84.2 Å². The van der Waals surface area contributed by atoms with Crippen molar-refractivity contribution in [3.8, 4) is 16.9 Å². The molecule has 1 aromatic heterocycles. The van der Waals surface area contributed by atoms with Gasteiger partial charge >= 0.3 is 6.16 Å². The van der Waals surface area contributed by atoms with E-state index in [1.54, 1.807) is 12.1 Å². The molecule has 39 heavy (non-hydrogen) atoms. The number of nitrogens with one attached hydrogen (secondary N) is 1. The SMILES string of the molecule is CCCCc1nc2ccc(NC(=O)C3CCCCC3)cc2n1Cc1ccc(-c2ccccc2OC(=O)O)cc1. The van der Waals surface area contributed by atoms with Crippen LogP contribution in [0.1, 0.15) is 63.3 Å². The van der Waals surface area contributed by atoms with Gasteiger partial charge in [-0.05, 0) is 54.7 Å². The number of aryl methyl sites for hydroxylation is 1. The van der Waals surface area contributed by atoms with Crippen LogP contribution in [-0.4, -0.2) is 26.7 Å². The van der Waals surface area contributed by atoms with Gasteiger partial charge in [-0.2, -0.15) is 0 Å². The lowest BCUT2D eigenvalue weighted by Crippen LogP contribution is -2.24. The summed E-state index contributed by atoms with van der Waals surface area (Å²) in [6, 6.07) is 21.2. The minimum absolute atomic E-state index is 0.101. The van der Waals surface area contributed by atoms with E-state index < -0.39 is 6.16 Å². The van der Waals surface area contributed by atoms with E-state index in [0.29, 0.717) is 12.3 Å². The van der Waals surface area contributed by atoms with Gasteiger partial charge < -0.3 is 19.7 Å². The quantitative estimate of drug-likeness (QED) is 0.173. The molecule has 7 heteroatoms. The van der Waals surface area contributed by atoms with Crippen LogP contribution in [0.15, 0.2) is 66.7 Å². The summed E-state index contributed by atoms with van der Waals surface area (Å²) < 4.78 is 7.22. The molecular weight excluding hydrogens is 490 g/mol. The van der Waals surface area contributed by atoms with Crippen molar-refractivity contribution in [1.82, 2.24) is 9.55 Å². The Hall–Kier alpha value is -4.13. The van der Waals surface area contributed by atoms with Crippen molar-refractivity contribution in [3.05, 3.63) is 78.1 Å². The fourth-order valence-corrected chi connectivity index (χ4v) is 5.42. The molecule has 2 N–H and O–H groups in total. The Morgan fingerprint density at radius 1 is 1.03 bits per heavy atom. The van der Waals surface area contributed by atoms with E-state index in [2.05, 4.69) is 28.9 Å². The van der Waals surface area contributed by atoms with E-state index in [-0.39, 0.29) is 11.8 Å². The number of imidazole rings is 1. The van der Waals surface area contributed by atoms with E-state index in [1.807, 2.05) is 42.5 Å². The Morgan fingerprint density at radius 3 is 2.54 bits per heavy atom. The van der Waals surface area contributed by atoms with Gasteiger partial charge in [-0.15, -0.1) is 0 Å². The number of hydrogen-bond donors (Lipinski definition) is 2. The molecule has 1 heterocycles. The van der Waals surface area contributed by atoms with Crippen LogP contribution in [-0.2, 0) is 17.8 Å². The molecule has 7 nitrogen and oxygen atoms in total. The standard InChI is InChI=1S/C32H35N3O4/c1-2-3-13-30-34-27-19-18-25(33-31(36)24-9-5-4-6-10-24)20-28(27)35(30)21-22-14-16-23(17-15-22)26-11-7-8-12-29(26)39-32(37)38/h7-8,11-12,14-20,24H,2-6,9-10,13,21H2,1H3,(H,33,36)(H,37,38). The van der Waals surface area contributed by atoms with Crippen molar-refractivity contribution in [2.75, 3.05) is 5.32 Å². The summed E-state index contributed by atoms with van der Waals surface area (Å²) in [5.74, 6) is 1.56. The number of carbonyl (C=O) groups is 2. The van der Waals surface area contributed by atoms with Crippen LogP contribution in [0.4, 0.5) is 10.5 Å². The monoisotopic (exact) mass is 525 g/mol. The highest BCUT2D eigenvalue weighted by molar-refractivity contribution is 5.94. The minimum Gasteiger partial charge on any atom is -0.449 e. The zero-order valence-corrected chi connectivity index (χ0v) is 22.4. The lowest BCUT2D eigenvalue weighted by Gasteiger charge is -2.20. The van der Waals surface area contributed by atoms with Crippen LogP contribution in [0, 0.1) is 5.92 Å². The number of amides is 1. The third-order valence-electron chi connectivity index (χ3n) is 7.51. The van der Waals surface area contributed by atoms with Gasteiger partial charge in [0.25, 0.3) is 0 Å². The van der Waals surface area contributed by atoms with Crippen molar-refractivity contribution in [2.24, 2.45) is 5.92 Å². The number of benzene rings is 3. The van der Waals surface area contributed by atoms with Crippen molar-refractivity contribution < 1.29 is 19.4 Å². The molecule has 202 valence electrons. The maximum Gasteiger partial charge on any atom is 0.511 e. The van der Waals surface area contributed by atoms with Gasteiger partial charge in [-0.1, -0.05) is 75.1 Å². The third-order valence-corrected chi connectivity index (χ3v) is 7.51. The molecule has 0 radical (unpaired) electrons. The van der Waals surface area contributed by atoms with Crippen LogP contribution in [0.2, 0.25) is 0 Å². The normalized spacial score (nSPS) is 13.9. The number of hydrogen-bond acceptors (Lipinski definition) is 4. The molecule has 0 bridgehead atoms. The third kappa shape index (κ3) is 6.30. The highest BCUT2D eigenvalue weighted by Gasteiger charge is 2.21.